The number of thiophene rings is 1. The fraction of sp³-hybridized carbons (Fsp3) is 0.250. The molecule has 1 amide bonds. The number of amides is 1. The van der Waals surface area contributed by atoms with E-state index < -0.39 is 0 Å². The first kappa shape index (κ1) is 20.8. The SMILES string of the molecule is O=C(NCCN1CCNCC1)c1cc(-c2cnc3[nH]c(-c4ccc(F)cc4)cc3c2)cs1. The van der Waals surface area contributed by atoms with E-state index in [0.29, 0.717) is 11.4 Å². The number of benzene rings is 1. The molecule has 0 spiro atoms. The maximum absolute atomic E-state index is 13.2. The Labute approximate surface area is 189 Å². The third kappa shape index (κ3) is 4.57. The maximum atomic E-state index is 13.2. The molecule has 6 nitrogen and oxygen atoms in total. The van der Waals surface area contributed by atoms with Gasteiger partial charge in [-0.3, -0.25) is 9.69 Å². The number of aromatic nitrogens is 2. The average Bonchev–Trinajstić information content (AvgIpc) is 3.47. The number of fused-ring (bicyclic) bond motifs is 1. The monoisotopic (exact) mass is 449 g/mol. The van der Waals surface area contributed by atoms with Gasteiger partial charge in [-0.25, -0.2) is 9.37 Å². The fourth-order valence-corrected chi connectivity index (χ4v) is 4.75. The van der Waals surface area contributed by atoms with Crippen molar-refractivity contribution in [1.29, 1.82) is 0 Å². The van der Waals surface area contributed by atoms with Crippen molar-refractivity contribution in [3.05, 3.63) is 64.7 Å². The third-order valence-corrected chi connectivity index (χ3v) is 6.63. The fourth-order valence-electron chi connectivity index (χ4n) is 3.91. The molecule has 0 radical (unpaired) electrons. The van der Waals surface area contributed by atoms with E-state index >= 15 is 0 Å². The van der Waals surface area contributed by atoms with Gasteiger partial charge in [0.1, 0.15) is 11.5 Å². The number of halogens is 1. The third-order valence-electron chi connectivity index (χ3n) is 5.71. The number of piperazine rings is 1. The van der Waals surface area contributed by atoms with Crippen LogP contribution in [0.25, 0.3) is 33.4 Å². The molecule has 1 aliphatic rings. The number of pyridine rings is 1. The summed E-state index contributed by atoms with van der Waals surface area (Å²) in [7, 11) is 0. The molecule has 1 aliphatic heterocycles. The molecule has 164 valence electrons. The molecular formula is C24H24FN5OS. The van der Waals surface area contributed by atoms with Crippen molar-refractivity contribution in [3.8, 4) is 22.4 Å². The second-order valence-corrected chi connectivity index (χ2v) is 8.81. The first-order chi connectivity index (χ1) is 15.7. The van der Waals surface area contributed by atoms with E-state index in [2.05, 4.69) is 31.6 Å². The molecule has 0 aliphatic carbocycles. The lowest BCUT2D eigenvalue weighted by molar-refractivity contribution is 0.0951. The Balaban J connectivity index is 1.27. The summed E-state index contributed by atoms with van der Waals surface area (Å²) in [6.07, 6.45) is 1.81. The van der Waals surface area contributed by atoms with E-state index in [9.17, 15) is 9.18 Å². The normalized spacial score (nSPS) is 14.7. The van der Waals surface area contributed by atoms with Crippen LogP contribution in [0.1, 0.15) is 9.67 Å². The van der Waals surface area contributed by atoms with E-state index in [1.54, 1.807) is 18.3 Å². The van der Waals surface area contributed by atoms with E-state index in [-0.39, 0.29) is 11.7 Å². The predicted molar refractivity (Wildman–Crippen MR) is 126 cm³/mol. The van der Waals surface area contributed by atoms with Crippen LogP contribution in [0.2, 0.25) is 0 Å². The highest BCUT2D eigenvalue weighted by molar-refractivity contribution is 7.12. The number of hydrogen-bond donors (Lipinski definition) is 3. The molecule has 1 saturated heterocycles. The van der Waals surface area contributed by atoms with E-state index in [4.69, 9.17) is 0 Å². The minimum Gasteiger partial charge on any atom is -0.350 e. The Hall–Kier alpha value is -3.07. The Morgan fingerprint density at radius 1 is 1.09 bits per heavy atom. The van der Waals surface area contributed by atoms with Crippen LogP contribution in [0.15, 0.2) is 54.0 Å². The Kier molecular flexibility index (Phi) is 5.98. The molecule has 32 heavy (non-hydrogen) atoms. The van der Waals surface area contributed by atoms with Crippen molar-refractivity contribution < 1.29 is 9.18 Å². The molecule has 5 rings (SSSR count). The Bertz CT molecular complexity index is 1230. The van der Waals surface area contributed by atoms with Crippen molar-refractivity contribution in [2.75, 3.05) is 39.3 Å². The summed E-state index contributed by atoms with van der Waals surface area (Å²) in [5.41, 5.74) is 4.49. The van der Waals surface area contributed by atoms with Gasteiger partial charge >= 0.3 is 0 Å². The van der Waals surface area contributed by atoms with Gasteiger partial charge < -0.3 is 15.6 Å². The molecule has 4 aromatic rings. The number of hydrogen-bond acceptors (Lipinski definition) is 5. The maximum Gasteiger partial charge on any atom is 0.261 e. The zero-order chi connectivity index (χ0) is 21.9. The van der Waals surface area contributed by atoms with Gasteiger partial charge in [0.05, 0.1) is 4.88 Å². The standard InChI is InChI=1S/C24H24FN5OS/c25-20-3-1-16(2-4-20)21-12-17-11-18(14-28-23(17)29-21)19-13-22(32-15-19)24(31)27-7-10-30-8-5-26-6-9-30/h1-4,11-15,26H,5-10H2,(H,27,31)(H,28,29). The first-order valence-electron chi connectivity index (χ1n) is 10.7. The second-order valence-electron chi connectivity index (χ2n) is 7.90. The summed E-state index contributed by atoms with van der Waals surface area (Å²) in [5.74, 6) is -0.294. The zero-order valence-electron chi connectivity index (χ0n) is 17.5. The van der Waals surface area contributed by atoms with Gasteiger partial charge in [-0.15, -0.1) is 11.3 Å². The number of nitrogens with zero attached hydrogens (tertiary/aromatic N) is 2. The lowest BCUT2D eigenvalue weighted by Crippen LogP contribution is -2.46. The van der Waals surface area contributed by atoms with Gasteiger partial charge in [0.2, 0.25) is 0 Å². The number of H-pyrrole nitrogens is 1. The number of nitrogens with one attached hydrogen (secondary N) is 3. The van der Waals surface area contributed by atoms with Gasteiger partial charge in [0, 0.05) is 62.1 Å². The highest BCUT2D eigenvalue weighted by Gasteiger charge is 2.13. The Morgan fingerprint density at radius 2 is 1.91 bits per heavy atom. The molecule has 8 heteroatoms. The lowest BCUT2D eigenvalue weighted by Gasteiger charge is -2.26. The summed E-state index contributed by atoms with van der Waals surface area (Å²) in [4.78, 5) is 23.4. The van der Waals surface area contributed by atoms with Gasteiger partial charge in [-0.2, -0.15) is 0 Å². The smallest absolute Gasteiger partial charge is 0.261 e. The average molecular weight is 450 g/mol. The number of carbonyl (C=O) groups excluding carboxylic acids is 1. The lowest BCUT2D eigenvalue weighted by atomic mass is 10.1. The van der Waals surface area contributed by atoms with E-state index in [1.807, 2.05) is 17.5 Å². The quantitative estimate of drug-likeness (QED) is 0.419. The topological polar surface area (TPSA) is 73.1 Å². The molecule has 0 bridgehead atoms. The van der Waals surface area contributed by atoms with Crippen LogP contribution in [0, 0.1) is 5.82 Å². The molecule has 4 heterocycles. The zero-order valence-corrected chi connectivity index (χ0v) is 18.3. The largest absolute Gasteiger partial charge is 0.350 e. The molecule has 0 saturated carbocycles. The van der Waals surface area contributed by atoms with Crippen LogP contribution in [-0.4, -0.2) is 60.0 Å². The highest BCUT2D eigenvalue weighted by Crippen LogP contribution is 2.29. The van der Waals surface area contributed by atoms with Crippen LogP contribution in [0.3, 0.4) is 0 Å². The Morgan fingerprint density at radius 3 is 2.72 bits per heavy atom. The van der Waals surface area contributed by atoms with Crippen molar-refractivity contribution in [1.82, 2.24) is 25.5 Å². The van der Waals surface area contributed by atoms with Crippen molar-refractivity contribution in [2.24, 2.45) is 0 Å². The first-order valence-corrected chi connectivity index (χ1v) is 11.6. The molecule has 1 aromatic carbocycles. The van der Waals surface area contributed by atoms with E-state index in [1.165, 1.54) is 23.5 Å². The van der Waals surface area contributed by atoms with Crippen molar-refractivity contribution in [3.63, 3.8) is 0 Å². The molecule has 0 unspecified atom stereocenters. The highest BCUT2D eigenvalue weighted by atomic mass is 32.1. The molecule has 3 aromatic heterocycles. The summed E-state index contributed by atoms with van der Waals surface area (Å²) in [5, 5.41) is 9.32. The predicted octanol–water partition coefficient (Wildman–Crippen LogP) is 3.73. The number of rotatable bonds is 6. The minimum atomic E-state index is -0.258. The van der Waals surface area contributed by atoms with Gasteiger partial charge in [-0.1, -0.05) is 0 Å². The van der Waals surface area contributed by atoms with Crippen LogP contribution in [0.4, 0.5) is 4.39 Å². The van der Waals surface area contributed by atoms with Crippen LogP contribution < -0.4 is 10.6 Å². The van der Waals surface area contributed by atoms with Crippen LogP contribution in [-0.2, 0) is 0 Å². The summed E-state index contributed by atoms with van der Waals surface area (Å²) < 4.78 is 13.2. The molecular weight excluding hydrogens is 425 g/mol. The van der Waals surface area contributed by atoms with Crippen LogP contribution >= 0.6 is 11.3 Å². The summed E-state index contributed by atoms with van der Waals surface area (Å²) in [6, 6.07) is 12.4. The van der Waals surface area contributed by atoms with Crippen LogP contribution in [0.5, 0.6) is 0 Å². The molecule has 3 N–H and O–H groups in total. The van der Waals surface area contributed by atoms with E-state index in [0.717, 1.165) is 66.1 Å². The second kappa shape index (κ2) is 9.20. The molecule has 0 atom stereocenters. The van der Waals surface area contributed by atoms with Crippen molar-refractivity contribution in [2.45, 2.75) is 0 Å². The summed E-state index contributed by atoms with van der Waals surface area (Å²) >= 11 is 1.44. The van der Waals surface area contributed by atoms with Crippen molar-refractivity contribution >= 4 is 28.3 Å². The summed E-state index contributed by atoms with van der Waals surface area (Å²) in [6.45, 7) is 5.58. The van der Waals surface area contributed by atoms with Gasteiger partial charge in [-0.05, 0) is 59.0 Å². The number of aromatic amines is 1. The molecule has 1 fully saturated rings. The van der Waals surface area contributed by atoms with Gasteiger partial charge in [0.15, 0.2) is 0 Å². The number of carbonyl (C=O) groups is 1. The minimum absolute atomic E-state index is 0.0364. The van der Waals surface area contributed by atoms with Gasteiger partial charge in [0.25, 0.3) is 5.91 Å².